The van der Waals surface area contributed by atoms with E-state index < -0.39 is 0 Å². The van der Waals surface area contributed by atoms with Gasteiger partial charge in [-0.1, -0.05) is 0 Å². The number of anilines is 1. The summed E-state index contributed by atoms with van der Waals surface area (Å²) in [5.74, 6) is 0. The van der Waals surface area contributed by atoms with Crippen LogP contribution in [0.15, 0.2) is 24.4 Å². The Morgan fingerprint density at radius 3 is 2.78 bits per heavy atom. The van der Waals surface area contributed by atoms with Crippen molar-refractivity contribution in [3.63, 3.8) is 0 Å². The third-order valence-electron chi connectivity index (χ3n) is 2.53. The minimum atomic E-state index is -0.369. The summed E-state index contributed by atoms with van der Waals surface area (Å²) in [6.07, 6.45) is 1.84. The summed E-state index contributed by atoms with van der Waals surface area (Å²) >= 11 is 1.64. The zero-order valence-corrected chi connectivity index (χ0v) is 11.0. The predicted molar refractivity (Wildman–Crippen MR) is 72.0 cm³/mol. The first-order valence-corrected chi connectivity index (χ1v) is 6.28. The molecule has 94 valence electrons. The van der Waals surface area contributed by atoms with Crippen molar-refractivity contribution in [3.8, 4) is 0 Å². The maximum atomic E-state index is 10.7. The lowest BCUT2D eigenvalue weighted by molar-refractivity contribution is -0.385. The van der Waals surface area contributed by atoms with Gasteiger partial charge >= 0.3 is 0 Å². The van der Waals surface area contributed by atoms with Crippen LogP contribution in [0, 0.1) is 24.0 Å². The van der Waals surface area contributed by atoms with E-state index in [1.54, 1.807) is 30.4 Å². The number of hydrogen-bond donors (Lipinski definition) is 1. The standard InChI is InChI=1S/C12H13N3O2S/c1-8-5-10(3-4-12(8)15(16)17)14-7-11-6-13-9(2)18-11/h3-6,14H,7H2,1-2H3. The number of hydrogen-bond acceptors (Lipinski definition) is 5. The Bertz CT molecular complexity index is 580. The average molecular weight is 263 g/mol. The Morgan fingerprint density at radius 1 is 1.44 bits per heavy atom. The third kappa shape index (κ3) is 2.84. The van der Waals surface area contributed by atoms with E-state index in [4.69, 9.17) is 0 Å². The summed E-state index contributed by atoms with van der Waals surface area (Å²) in [7, 11) is 0. The molecule has 1 N–H and O–H groups in total. The van der Waals surface area contributed by atoms with Gasteiger partial charge in [0.25, 0.3) is 5.69 Å². The van der Waals surface area contributed by atoms with Crippen LogP contribution < -0.4 is 5.32 Å². The van der Waals surface area contributed by atoms with Gasteiger partial charge in [-0.05, 0) is 26.0 Å². The van der Waals surface area contributed by atoms with Crippen molar-refractivity contribution in [3.05, 3.63) is 50.0 Å². The second-order valence-corrected chi connectivity index (χ2v) is 5.28. The van der Waals surface area contributed by atoms with Gasteiger partial charge in [-0.3, -0.25) is 10.1 Å². The van der Waals surface area contributed by atoms with Crippen molar-refractivity contribution in [2.45, 2.75) is 20.4 Å². The number of aromatic nitrogens is 1. The maximum Gasteiger partial charge on any atom is 0.272 e. The van der Waals surface area contributed by atoms with Crippen LogP contribution in [-0.2, 0) is 6.54 Å². The maximum absolute atomic E-state index is 10.7. The molecule has 0 aliphatic rings. The molecular formula is C12H13N3O2S. The largest absolute Gasteiger partial charge is 0.380 e. The van der Waals surface area contributed by atoms with E-state index in [9.17, 15) is 10.1 Å². The molecule has 5 nitrogen and oxygen atoms in total. The molecule has 0 aliphatic carbocycles. The first-order valence-electron chi connectivity index (χ1n) is 5.46. The van der Waals surface area contributed by atoms with Gasteiger partial charge < -0.3 is 5.32 Å². The first-order chi connectivity index (χ1) is 8.56. The summed E-state index contributed by atoms with van der Waals surface area (Å²) in [6, 6.07) is 5.03. The summed E-state index contributed by atoms with van der Waals surface area (Å²) in [6.45, 7) is 4.38. The van der Waals surface area contributed by atoms with Crippen LogP contribution in [-0.4, -0.2) is 9.91 Å². The van der Waals surface area contributed by atoms with Gasteiger partial charge in [-0.2, -0.15) is 0 Å². The van der Waals surface area contributed by atoms with E-state index in [1.807, 2.05) is 13.1 Å². The lowest BCUT2D eigenvalue weighted by Gasteiger charge is -2.05. The topological polar surface area (TPSA) is 68.1 Å². The highest BCUT2D eigenvalue weighted by Crippen LogP contribution is 2.22. The van der Waals surface area contributed by atoms with Crippen LogP contribution >= 0.6 is 11.3 Å². The monoisotopic (exact) mass is 263 g/mol. The van der Waals surface area contributed by atoms with Crippen LogP contribution in [0.25, 0.3) is 0 Å². The molecule has 2 aromatic rings. The fourth-order valence-electron chi connectivity index (χ4n) is 1.65. The Morgan fingerprint density at radius 2 is 2.22 bits per heavy atom. The lowest BCUT2D eigenvalue weighted by Crippen LogP contribution is -1.99. The number of thiazole rings is 1. The fourth-order valence-corrected chi connectivity index (χ4v) is 2.38. The fraction of sp³-hybridized carbons (Fsp3) is 0.250. The molecule has 2 rings (SSSR count). The molecule has 0 bridgehead atoms. The minimum Gasteiger partial charge on any atom is -0.380 e. The van der Waals surface area contributed by atoms with Crippen LogP contribution in [0.3, 0.4) is 0 Å². The molecule has 1 heterocycles. The van der Waals surface area contributed by atoms with Gasteiger partial charge in [0, 0.05) is 28.4 Å². The van der Waals surface area contributed by atoms with E-state index in [1.165, 1.54) is 6.07 Å². The zero-order chi connectivity index (χ0) is 13.1. The van der Waals surface area contributed by atoms with Crippen molar-refractivity contribution in [1.82, 2.24) is 4.98 Å². The van der Waals surface area contributed by atoms with Crippen molar-refractivity contribution < 1.29 is 4.92 Å². The number of nitrogens with one attached hydrogen (secondary N) is 1. The minimum absolute atomic E-state index is 0.147. The molecule has 0 saturated heterocycles. The molecule has 1 aromatic carbocycles. The Balaban J connectivity index is 2.06. The van der Waals surface area contributed by atoms with Crippen molar-refractivity contribution >= 4 is 22.7 Å². The summed E-state index contributed by atoms with van der Waals surface area (Å²) in [4.78, 5) is 15.6. The molecular weight excluding hydrogens is 250 g/mol. The van der Waals surface area contributed by atoms with Gasteiger partial charge in [0.15, 0.2) is 0 Å². The van der Waals surface area contributed by atoms with Crippen LogP contribution in [0.1, 0.15) is 15.4 Å². The molecule has 0 aliphatic heterocycles. The highest BCUT2D eigenvalue weighted by atomic mass is 32.1. The second kappa shape index (κ2) is 5.14. The van der Waals surface area contributed by atoms with Gasteiger partial charge in [-0.15, -0.1) is 11.3 Å². The highest BCUT2D eigenvalue weighted by molar-refractivity contribution is 7.11. The first kappa shape index (κ1) is 12.5. The van der Waals surface area contributed by atoms with Gasteiger partial charge in [0.2, 0.25) is 0 Å². The molecule has 0 fully saturated rings. The summed E-state index contributed by atoms with van der Waals surface area (Å²) < 4.78 is 0. The molecule has 0 spiro atoms. The third-order valence-corrected chi connectivity index (χ3v) is 3.44. The molecule has 6 heteroatoms. The normalized spacial score (nSPS) is 10.3. The second-order valence-electron chi connectivity index (χ2n) is 3.96. The number of benzene rings is 1. The van der Waals surface area contributed by atoms with E-state index in [2.05, 4.69) is 10.3 Å². The molecule has 18 heavy (non-hydrogen) atoms. The molecule has 1 aromatic heterocycles. The molecule has 0 amide bonds. The SMILES string of the molecule is Cc1ncc(CNc2ccc([N+](=O)[O-])c(C)c2)s1. The molecule has 0 atom stereocenters. The van der Waals surface area contributed by atoms with E-state index in [-0.39, 0.29) is 10.6 Å². The Kier molecular flexibility index (Phi) is 3.57. The number of nitrogens with zero attached hydrogens (tertiary/aromatic N) is 2. The van der Waals surface area contributed by atoms with Crippen LogP contribution in [0.5, 0.6) is 0 Å². The van der Waals surface area contributed by atoms with Crippen molar-refractivity contribution in [2.24, 2.45) is 0 Å². The van der Waals surface area contributed by atoms with E-state index in [0.29, 0.717) is 12.1 Å². The van der Waals surface area contributed by atoms with Gasteiger partial charge in [0.05, 0.1) is 16.5 Å². The van der Waals surface area contributed by atoms with Crippen molar-refractivity contribution in [2.75, 3.05) is 5.32 Å². The van der Waals surface area contributed by atoms with Gasteiger partial charge in [-0.25, -0.2) is 4.98 Å². The molecule has 0 unspecified atom stereocenters. The summed E-state index contributed by atoms with van der Waals surface area (Å²) in [5.41, 5.74) is 1.68. The smallest absolute Gasteiger partial charge is 0.272 e. The zero-order valence-electron chi connectivity index (χ0n) is 10.1. The number of nitro benzene ring substituents is 1. The number of nitro groups is 1. The number of aryl methyl sites for hydroxylation is 2. The average Bonchev–Trinajstić information content (AvgIpc) is 2.72. The van der Waals surface area contributed by atoms with E-state index in [0.717, 1.165) is 15.6 Å². The predicted octanol–water partition coefficient (Wildman–Crippen LogP) is 3.28. The van der Waals surface area contributed by atoms with Gasteiger partial charge in [0.1, 0.15) is 0 Å². The Labute approximate surface area is 109 Å². The van der Waals surface area contributed by atoms with Crippen LogP contribution in [0.4, 0.5) is 11.4 Å². The Hall–Kier alpha value is -1.95. The molecule has 0 radical (unpaired) electrons. The highest BCUT2D eigenvalue weighted by Gasteiger charge is 2.09. The van der Waals surface area contributed by atoms with Crippen molar-refractivity contribution in [1.29, 1.82) is 0 Å². The quantitative estimate of drug-likeness (QED) is 0.679. The van der Waals surface area contributed by atoms with E-state index >= 15 is 0 Å². The van der Waals surface area contributed by atoms with Crippen LogP contribution in [0.2, 0.25) is 0 Å². The summed E-state index contributed by atoms with van der Waals surface area (Å²) in [5, 5.41) is 15.0. The molecule has 0 saturated carbocycles. The lowest BCUT2D eigenvalue weighted by atomic mass is 10.2. The number of rotatable bonds is 4.